The number of nitrogens with one attached hydrogen (secondary N) is 1. The topological polar surface area (TPSA) is 74.9 Å². The van der Waals surface area contributed by atoms with Gasteiger partial charge in [-0.15, -0.1) is 0 Å². The molecule has 1 aromatic rings. The number of hydrogen-bond acceptors (Lipinski definition) is 4. The summed E-state index contributed by atoms with van der Waals surface area (Å²) in [6.45, 7) is 3.05. The lowest BCUT2D eigenvalue weighted by Crippen LogP contribution is -2.47. The van der Waals surface area contributed by atoms with E-state index in [9.17, 15) is 5.11 Å². The SMILES string of the molecule is CN=C(NCC1(CO)CCOCC1)N(C)Cc1cnn(C)c1. The molecule has 1 aliphatic heterocycles. The number of guanidine groups is 1. The Hall–Kier alpha value is -1.60. The number of rotatable bonds is 5. The van der Waals surface area contributed by atoms with E-state index in [0.717, 1.165) is 30.9 Å². The van der Waals surface area contributed by atoms with E-state index in [0.29, 0.717) is 19.8 Å². The molecule has 7 heteroatoms. The first-order valence-corrected chi connectivity index (χ1v) is 7.66. The van der Waals surface area contributed by atoms with Crippen LogP contribution in [-0.2, 0) is 18.3 Å². The van der Waals surface area contributed by atoms with Gasteiger partial charge in [0.1, 0.15) is 0 Å². The Bertz CT molecular complexity index is 494. The monoisotopic (exact) mass is 309 g/mol. The summed E-state index contributed by atoms with van der Waals surface area (Å²) < 4.78 is 7.19. The molecule has 124 valence electrons. The average molecular weight is 309 g/mol. The van der Waals surface area contributed by atoms with Gasteiger partial charge in [0, 0.05) is 64.6 Å². The van der Waals surface area contributed by atoms with E-state index in [1.807, 2.05) is 26.5 Å². The Kier molecular flexibility index (Phi) is 5.79. The molecule has 1 fully saturated rings. The van der Waals surface area contributed by atoms with E-state index in [4.69, 9.17) is 4.74 Å². The molecule has 0 saturated carbocycles. The summed E-state index contributed by atoms with van der Waals surface area (Å²) in [5.74, 6) is 0.822. The van der Waals surface area contributed by atoms with Crippen molar-refractivity contribution in [3.8, 4) is 0 Å². The number of aliphatic hydroxyl groups is 1. The largest absolute Gasteiger partial charge is 0.396 e. The highest BCUT2D eigenvalue weighted by atomic mass is 16.5. The van der Waals surface area contributed by atoms with Gasteiger partial charge in [-0.25, -0.2) is 0 Å². The molecule has 0 amide bonds. The molecular formula is C15H27N5O2. The van der Waals surface area contributed by atoms with Crippen molar-refractivity contribution in [2.75, 3.05) is 40.5 Å². The van der Waals surface area contributed by atoms with Crippen LogP contribution in [0, 0.1) is 5.41 Å². The van der Waals surface area contributed by atoms with Gasteiger partial charge in [-0.2, -0.15) is 5.10 Å². The second-order valence-corrected chi connectivity index (χ2v) is 6.05. The summed E-state index contributed by atoms with van der Waals surface area (Å²) in [4.78, 5) is 6.39. The van der Waals surface area contributed by atoms with Gasteiger partial charge in [0.15, 0.2) is 5.96 Å². The maximum Gasteiger partial charge on any atom is 0.193 e. The van der Waals surface area contributed by atoms with Gasteiger partial charge in [0.25, 0.3) is 0 Å². The van der Waals surface area contributed by atoms with Crippen molar-refractivity contribution < 1.29 is 9.84 Å². The lowest BCUT2D eigenvalue weighted by Gasteiger charge is -2.36. The van der Waals surface area contributed by atoms with E-state index in [1.54, 1.807) is 11.7 Å². The lowest BCUT2D eigenvalue weighted by atomic mass is 9.81. The standard InChI is InChI=1S/C15H27N5O2/c1-16-14(19(2)9-13-8-18-20(3)10-13)17-11-15(12-21)4-6-22-7-5-15/h8,10,21H,4-7,9,11-12H2,1-3H3,(H,16,17). The van der Waals surface area contributed by atoms with Crippen molar-refractivity contribution in [2.45, 2.75) is 19.4 Å². The minimum Gasteiger partial charge on any atom is -0.396 e. The zero-order valence-electron chi connectivity index (χ0n) is 13.7. The summed E-state index contributed by atoms with van der Waals surface area (Å²) >= 11 is 0. The first-order valence-electron chi connectivity index (χ1n) is 7.66. The quantitative estimate of drug-likeness (QED) is 0.601. The summed E-state index contributed by atoms with van der Waals surface area (Å²) in [5.41, 5.74) is 1.03. The average Bonchev–Trinajstić information content (AvgIpc) is 2.94. The third kappa shape index (κ3) is 4.20. The second kappa shape index (κ2) is 7.60. The highest BCUT2D eigenvalue weighted by Crippen LogP contribution is 2.29. The number of nitrogens with zero attached hydrogens (tertiary/aromatic N) is 4. The number of aliphatic hydroxyl groups excluding tert-OH is 1. The number of hydrogen-bond donors (Lipinski definition) is 2. The number of ether oxygens (including phenoxy) is 1. The predicted octanol–water partition coefficient (Wildman–Crippen LogP) is 0.216. The minimum absolute atomic E-state index is 0.108. The third-order valence-corrected chi connectivity index (χ3v) is 4.26. The third-order valence-electron chi connectivity index (χ3n) is 4.26. The Morgan fingerprint density at radius 2 is 2.27 bits per heavy atom. The normalized spacial score (nSPS) is 18.3. The molecule has 22 heavy (non-hydrogen) atoms. The summed E-state index contributed by atoms with van der Waals surface area (Å²) in [7, 11) is 5.68. The Morgan fingerprint density at radius 3 is 2.82 bits per heavy atom. The zero-order chi connectivity index (χ0) is 16.0. The van der Waals surface area contributed by atoms with Crippen LogP contribution in [0.4, 0.5) is 0 Å². The van der Waals surface area contributed by atoms with E-state index >= 15 is 0 Å². The molecule has 0 unspecified atom stereocenters. The molecule has 2 rings (SSSR count). The maximum atomic E-state index is 9.74. The summed E-state index contributed by atoms with van der Waals surface area (Å²) in [6, 6.07) is 0. The Labute approximate surface area is 132 Å². The minimum atomic E-state index is -0.108. The summed E-state index contributed by atoms with van der Waals surface area (Å²) in [5, 5.41) is 17.3. The van der Waals surface area contributed by atoms with Crippen LogP contribution < -0.4 is 5.32 Å². The Morgan fingerprint density at radius 1 is 1.55 bits per heavy atom. The van der Waals surface area contributed by atoms with Crippen LogP contribution in [0.5, 0.6) is 0 Å². The van der Waals surface area contributed by atoms with E-state index in [1.165, 1.54) is 0 Å². The van der Waals surface area contributed by atoms with E-state index < -0.39 is 0 Å². The van der Waals surface area contributed by atoms with Crippen LogP contribution in [0.2, 0.25) is 0 Å². The molecule has 2 heterocycles. The highest BCUT2D eigenvalue weighted by molar-refractivity contribution is 5.79. The molecule has 1 saturated heterocycles. The molecule has 1 aromatic heterocycles. The molecule has 0 aromatic carbocycles. The van der Waals surface area contributed by atoms with Crippen molar-refractivity contribution in [1.29, 1.82) is 0 Å². The van der Waals surface area contributed by atoms with Crippen molar-refractivity contribution >= 4 is 5.96 Å². The van der Waals surface area contributed by atoms with Crippen molar-refractivity contribution in [1.82, 2.24) is 20.0 Å². The molecule has 0 aliphatic carbocycles. The molecule has 0 atom stereocenters. The number of aryl methyl sites for hydroxylation is 1. The second-order valence-electron chi connectivity index (χ2n) is 6.05. The van der Waals surface area contributed by atoms with Gasteiger partial charge in [-0.3, -0.25) is 9.67 Å². The first-order chi connectivity index (χ1) is 10.6. The van der Waals surface area contributed by atoms with Crippen LogP contribution in [0.15, 0.2) is 17.4 Å². The summed E-state index contributed by atoms with van der Waals surface area (Å²) in [6.07, 6.45) is 5.61. The fraction of sp³-hybridized carbons (Fsp3) is 0.733. The molecular weight excluding hydrogens is 282 g/mol. The molecule has 0 spiro atoms. The van der Waals surface area contributed by atoms with Gasteiger partial charge in [-0.1, -0.05) is 0 Å². The first kappa shape index (κ1) is 16.8. The van der Waals surface area contributed by atoms with Crippen molar-refractivity contribution in [2.24, 2.45) is 17.5 Å². The number of aliphatic imine (C=N–C) groups is 1. The Balaban J connectivity index is 1.91. The van der Waals surface area contributed by atoms with E-state index in [-0.39, 0.29) is 12.0 Å². The number of aromatic nitrogens is 2. The van der Waals surface area contributed by atoms with Gasteiger partial charge in [-0.05, 0) is 12.8 Å². The van der Waals surface area contributed by atoms with Crippen LogP contribution in [0.3, 0.4) is 0 Å². The fourth-order valence-corrected chi connectivity index (χ4v) is 2.75. The molecule has 1 aliphatic rings. The zero-order valence-corrected chi connectivity index (χ0v) is 13.7. The van der Waals surface area contributed by atoms with Crippen LogP contribution in [0.25, 0.3) is 0 Å². The van der Waals surface area contributed by atoms with Gasteiger partial charge in [0.2, 0.25) is 0 Å². The molecule has 2 N–H and O–H groups in total. The van der Waals surface area contributed by atoms with Crippen molar-refractivity contribution in [3.05, 3.63) is 18.0 Å². The van der Waals surface area contributed by atoms with Crippen LogP contribution in [-0.4, -0.2) is 66.2 Å². The van der Waals surface area contributed by atoms with Crippen LogP contribution in [0.1, 0.15) is 18.4 Å². The molecule has 0 radical (unpaired) electrons. The van der Waals surface area contributed by atoms with Gasteiger partial charge in [0.05, 0.1) is 12.8 Å². The highest BCUT2D eigenvalue weighted by Gasteiger charge is 2.32. The lowest BCUT2D eigenvalue weighted by molar-refractivity contribution is -0.0134. The van der Waals surface area contributed by atoms with Crippen LogP contribution >= 0.6 is 0 Å². The van der Waals surface area contributed by atoms with Crippen molar-refractivity contribution in [3.63, 3.8) is 0 Å². The molecule has 7 nitrogen and oxygen atoms in total. The molecule has 0 bridgehead atoms. The van der Waals surface area contributed by atoms with E-state index in [2.05, 4.69) is 20.3 Å². The van der Waals surface area contributed by atoms with Gasteiger partial charge >= 0.3 is 0 Å². The smallest absolute Gasteiger partial charge is 0.193 e. The fourth-order valence-electron chi connectivity index (χ4n) is 2.75. The predicted molar refractivity (Wildman–Crippen MR) is 85.6 cm³/mol. The maximum absolute atomic E-state index is 9.74. The van der Waals surface area contributed by atoms with Gasteiger partial charge < -0.3 is 20.1 Å².